The van der Waals surface area contributed by atoms with Crippen molar-refractivity contribution in [3.8, 4) is 28.6 Å². The summed E-state index contributed by atoms with van der Waals surface area (Å²) in [7, 11) is 4.67. The van der Waals surface area contributed by atoms with Crippen LogP contribution in [-0.2, 0) is 0 Å². The quantitative estimate of drug-likeness (QED) is 0.404. The number of nitrogens with one attached hydrogen (secondary N) is 1. The number of methoxy groups -OCH3 is 3. The summed E-state index contributed by atoms with van der Waals surface area (Å²) >= 11 is 0. The van der Waals surface area contributed by atoms with Gasteiger partial charge >= 0.3 is 0 Å². The summed E-state index contributed by atoms with van der Waals surface area (Å²) in [6.07, 6.45) is 1.76. The van der Waals surface area contributed by atoms with Crippen LogP contribution in [0.3, 0.4) is 0 Å². The Kier molecular flexibility index (Phi) is 5.07. The standard InChI is InChI=1S/C19H20N4O3/c1-24-15-9-13(10-16(25-2)18(15)26-3)17(23-20)14-11-21-19(22-14)12-7-5-4-6-8-12/h4-11H,20H2,1-3H3,(H,21,22)/b23-17-. The highest BCUT2D eigenvalue weighted by Gasteiger charge is 2.19. The van der Waals surface area contributed by atoms with E-state index in [9.17, 15) is 0 Å². The molecule has 134 valence electrons. The van der Waals surface area contributed by atoms with Gasteiger partial charge in [0.2, 0.25) is 5.75 Å². The summed E-state index contributed by atoms with van der Waals surface area (Å²) in [5.74, 6) is 7.92. The van der Waals surface area contributed by atoms with Gasteiger partial charge in [-0.15, -0.1) is 0 Å². The Labute approximate surface area is 151 Å². The highest BCUT2D eigenvalue weighted by Crippen LogP contribution is 2.38. The summed E-state index contributed by atoms with van der Waals surface area (Å²) in [5, 5.41) is 3.92. The van der Waals surface area contributed by atoms with Crippen LogP contribution in [0.4, 0.5) is 0 Å². The average molecular weight is 352 g/mol. The molecule has 0 atom stereocenters. The van der Waals surface area contributed by atoms with Crippen molar-refractivity contribution in [3.05, 3.63) is 59.9 Å². The second-order valence-corrected chi connectivity index (χ2v) is 5.39. The van der Waals surface area contributed by atoms with E-state index >= 15 is 0 Å². The van der Waals surface area contributed by atoms with E-state index in [1.807, 2.05) is 30.3 Å². The summed E-state index contributed by atoms with van der Waals surface area (Å²) in [5.41, 5.74) is 2.79. The van der Waals surface area contributed by atoms with Crippen molar-refractivity contribution in [3.63, 3.8) is 0 Å². The third-order valence-electron chi connectivity index (χ3n) is 3.93. The second-order valence-electron chi connectivity index (χ2n) is 5.39. The largest absolute Gasteiger partial charge is 0.493 e. The van der Waals surface area contributed by atoms with Gasteiger partial charge in [0.1, 0.15) is 17.2 Å². The lowest BCUT2D eigenvalue weighted by atomic mass is 10.1. The average Bonchev–Trinajstić information content (AvgIpc) is 3.18. The second kappa shape index (κ2) is 7.60. The van der Waals surface area contributed by atoms with Crippen LogP contribution in [0.1, 0.15) is 11.3 Å². The molecule has 7 heteroatoms. The molecule has 0 aliphatic rings. The zero-order chi connectivity index (χ0) is 18.5. The molecule has 3 N–H and O–H groups in total. The van der Waals surface area contributed by atoms with Gasteiger partial charge in [-0.2, -0.15) is 5.10 Å². The fourth-order valence-corrected chi connectivity index (χ4v) is 2.69. The minimum atomic E-state index is 0.502. The number of hydrogen-bond acceptors (Lipinski definition) is 6. The van der Waals surface area contributed by atoms with Crippen molar-refractivity contribution in [2.24, 2.45) is 10.9 Å². The van der Waals surface area contributed by atoms with E-state index < -0.39 is 0 Å². The smallest absolute Gasteiger partial charge is 0.203 e. The first-order chi connectivity index (χ1) is 12.7. The Balaban J connectivity index is 2.04. The molecule has 0 radical (unpaired) electrons. The molecule has 0 aliphatic heterocycles. The Morgan fingerprint density at radius 2 is 1.65 bits per heavy atom. The predicted octanol–water partition coefficient (Wildman–Crippen LogP) is 2.81. The SMILES string of the molecule is COc1cc(/C(=N/N)c2c[nH]c(-c3ccccc3)n2)cc(OC)c1OC. The third-order valence-corrected chi connectivity index (χ3v) is 3.93. The molecule has 0 saturated heterocycles. The van der Waals surface area contributed by atoms with Crippen molar-refractivity contribution in [1.29, 1.82) is 0 Å². The number of benzene rings is 2. The van der Waals surface area contributed by atoms with Crippen molar-refractivity contribution in [1.82, 2.24) is 9.97 Å². The van der Waals surface area contributed by atoms with Gasteiger partial charge in [-0.3, -0.25) is 0 Å². The molecule has 26 heavy (non-hydrogen) atoms. The number of nitrogens with two attached hydrogens (primary N) is 1. The minimum Gasteiger partial charge on any atom is -0.493 e. The minimum absolute atomic E-state index is 0.502. The molecule has 0 saturated carbocycles. The van der Waals surface area contributed by atoms with Crippen molar-refractivity contribution in [2.45, 2.75) is 0 Å². The summed E-state index contributed by atoms with van der Waals surface area (Å²) in [6, 6.07) is 13.4. The van der Waals surface area contributed by atoms with Gasteiger partial charge in [-0.1, -0.05) is 30.3 Å². The van der Waals surface area contributed by atoms with Crippen LogP contribution < -0.4 is 20.1 Å². The van der Waals surface area contributed by atoms with E-state index in [1.165, 1.54) is 0 Å². The van der Waals surface area contributed by atoms with Gasteiger partial charge in [0.25, 0.3) is 0 Å². The zero-order valence-electron chi connectivity index (χ0n) is 14.8. The lowest BCUT2D eigenvalue weighted by Crippen LogP contribution is -2.08. The van der Waals surface area contributed by atoms with Crippen molar-refractivity contribution >= 4 is 5.71 Å². The maximum absolute atomic E-state index is 5.66. The highest BCUT2D eigenvalue weighted by molar-refractivity contribution is 6.12. The number of hydrazone groups is 1. The van der Waals surface area contributed by atoms with Crippen LogP contribution in [-0.4, -0.2) is 37.0 Å². The van der Waals surface area contributed by atoms with Gasteiger partial charge in [0, 0.05) is 17.3 Å². The summed E-state index contributed by atoms with van der Waals surface area (Å²) < 4.78 is 16.1. The number of rotatable bonds is 6. The van der Waals surface area contributed by atoms with Crippen LogP contribution in [0.2, 0.25) is 0 Å². The van der Waals surface area contributed by atoms with E-state index in [2.05, 4.69) is 15.1 Å². The third kappa shape index (κ3) is 3.19. The molecule has 0 unspecified atom stereocenters. The zero-order valence-corrected chi connectivity index (χ0v) is 14.8. The Hall–Kier alpha value is -3.48. The molecular weight excluding hydrogens is 332 g/mol. The molecule has 0 amide bonds. The molecule has 1 heterocycles. The maximum atomic E-state index is 5.66. The van der Waals surface area contributed by atoms with Crippen molar-refractivity contribution < 1.29 is 14.2 Å². The van der Waals surface area contributed by atoms with Gasteiger partial charge < -0.3 is 25.0 Å². The number of hydrogen-bond donors (Lipinski definition) is 2. The number of aromatic amines is 1. The molecular formula is C19H20N4O3. The van der Waals surface area contributed by atoms with Gasteiger partial charge in [-0.25, -0.2) is 4.98 Å². The maximum Gasteiger partial charge on any atom is 0.203 e. The monoisotopic (exact) mass is 352 g/mol. The first kappa shape index (κ1) is 17.3. The molecule has 0 aliphatic carbocycles. The molecule has 3 rings (SSSR count). The lowest BCUT2D eigenvalue weighted by Gasteiger charge is -2.14. The van der Waals surface area contributed by atoms with E-state index in [0.29, 0.717) is 34.2 Å². The highest BCUT2D eigenvalue weighted by atomic mass is 16.5. The summed E-state index contributed by atoms with van der Waals surface area (Å²) in [4.78, 5) is 7.75. The fourth-order valence-electron chi connectivity index (χ4n) is 2.69. The molecule has 2 aromatic carbocycles. The van der Waals surface area contributed by atoms with Crippen LogP contribution in [0.5, 0.6) is 17.2 Å². The fraction of sp³-hybridized carbons (Fsp3) is 0.158. The number of ether oxygens (including phenoxy) is 3. The first-order valence-electron chi connectivity index (χ1n) is 7.91. The molecule has 7 nitrogen and oxygen atoms in total. The number of imidazole rings is 1. The Morgan fingerprint density at radius 1 is 1.00 bits per heavy atom. The van der Waals surface area contributed by atoms with Crippen molar-refractivity contribution in [2.75, 3.05) is 21.3 Å². The van der Waals surface area contributed by atoms with Crippen LogP contribution >= 0.6 is 0 Å². The topological polar surface area (TPSA) is 94.8 Å². The van der Waals surface area contributed by atoms with E-state index in [-0.39, 0.29) is 0 Å². The first-order valence-corrected chi connectivity index (χ1v) is 7.91. The number of aromatic nitrogens is 2. The predicted molar refractivity (Wildman–Crippen MR) is 99.9 cm³/mol. The molecule has 0 fully saturated rings. The van der Waals surface area contributed by atoms with Crippen LogP contribution in [0.15, 0.2) is 53.8 Å². The van der Waals surface area contributed by atoms with E-state index in [4.69, 9.17) is 20.1 Å². The van der Waals surface area contributed by atoms with E-state index in [0.717, 1.165) is 11.4 Å². The van der Waals surface area contributed by atoms with E-state index in [1.54, 1.807) is 39.7 Å². The normalized spacial score (nSPS) is 11.3. The molecule has 0 spiro atoms. The molecule has 3 aromatic rings. The van der Waals surface area contributed by atoms with Gasteiger partial charge in [0.05, 0.1) is 21.3 Å². The summed E-state index contributed by atoms with van der Waals surface area (Å²) in [6.45, 7) is 0. The lowest BCUT2D eigenvalue weighted by molar-refractivity contribution is 0.324. The van der Waals surface area contributed by atoms with Crippen LogP contribution in [0, 0.1) is 0 Å². The van der Waals surface area contributed by atoms with Gasteiger partial charge in [0.15, 0.2) is 11.5 Å². The Morgan fingerprint density at radius 3 is 2.19 bits per heavy atom. The Bertz CT molecular complexity index is 895. The number of H-pyrrole nitrogens is 1. The number of nitrogens with zero attached hydrogens (tertiary/aromatic N) is 2. The molecule has 1 aromatic heterocycles. The van der Waals surface area contributed by atoms with Crippen LogP contribution in [0.25, 0.3) is 11.4 Å². The molecule has 0 bridgehead atoms. The van der Waals surface area contributed by atoms with Gasteiger partial charge in [-0.05, 0) is 12.1 Å².